The molecule has 7 heterocycles. The van der Waals surface area contributed by atoms with Crippen LogP contribution in [0.4, 0.5) is 11.8 Å². The van der Waals surface area contributed by atoms with E-state index >= 15 is 0 Å². The molecule has 21 heteroatoms. The number of nitrogens with two attached hydrogens (primary N) is 2. The lowest BCUT2D eigenvalue weighted by Gasteiger charge is -2.31. The number of rotatable bonds is 8. The number of fused-ring (bicyclic) bond motifs is 4. The van der Waals surface area contributed by atoms with Gasteiger partial charge in [-0.25, -0.2) is 24.5 Å². The molecule has 4 aromatic heterocycles. The Labute approximate surface area is 233 Å². The van der Waals surface area contributed by atoms with Gasteiger partial charge in [0.25, 0.3) is 5.56 Å². The van der Waals surface area contributed by atoms with Crippen LogP contribution in [0.1, 0.15) is 18.9 Å². The summed E-state index contributed by atoms with van der Waals surface area (Å²) in [6, 6.07) is 0. The topological polar surface area (TPSA) is 283 Å². The number of imidazole rings is 2. The van der Waals surface area contributed by atoms with Gasteiger partial charge in [-0.05, 0) is 0 Å². The van der Waals surface area contributed by atoms with E-state index in [1.165, 1.54) is 28.1 Å². The van der Waals surface area contributed by atoms with E-state index < -0.39 is 69.1 Å². The maximum atomic E-state index is 13.2. The number of aliphatic hydroxyl groups is 2. The van der Waals surface area contributed by atoms with Gasteiger partial charge in [0.1, 0.15) is 35.8 Å². The second kappa shape index (κ2) is 9.73. The van der Waals surface area contributed by atoms with Crippen LogP contribution in [0, 0.1) is 0 Å². The maximum absolute atomic E-state index is 13.2. The van der Waals surface area contributed by atoms with Crippen LogP contribution in [0.5, 0.6) is 0 Å². The van der Waals surface area contributed by atoms with Crippen LogP contribution in [0.3, 0.4) is 0 Å². The summed E-state index contributed by atoms with van der Waals surface area (Å²) in [7, 11) is -4.85. The first-order valence-corrected chi connectivity index (χ1v) is 14.1. The molecule has 8 atom stereocenters. The number of H-pyrrole nitrogens is 1. The normalized spacial score (nSPS) is 32.3. The molecule has 4 unspecified atom stereocenters. The Morgan fingerprint density at radius 3 is 2.69 bits per heavy atom. The fraction of sp³-hybridized carbons (Fsp3) is 0.524. The molecule has 224 valence electrons. The lowest BCUT2D eigenvalue weighted by Crippen LogP contribution is -2.44. The van der Waals surface area contributed by atoms with Crippen molar-refractivity contribution < 1.29 is 42.9 Å². The smallest absolute Gasteiger partial charge is 0.394 e. The third-order valence-corrected chi connectivity index (χ3v) is 8.47. The number of hydrogen-bond donors (Lipinski definition) is 6. The average Bonchev–Trinajstić information content (AvgIpc) is 3.76. The summed E-state index contributed by atoms with van der Waals surface area (Å²) in [6.07, 6.45) is -2.14. The molecule has 8 N–H and O–H groups in total. The third-order valence-electron chi connectivity index (χ3n) is 7.48. The number of hydrogen-bond acceptors (Lipinski definition) is 16. The van der Waals surface area contributed by atoms with Crippen LogP contribution in [-0.2, 0) is 27.8 Å². The van der Waals surface area contributed by atoms with Gasteiger partial charge in [-0.3, -0.25) is 28.0 Å². The maximum Gasteiger partial charge on any atom is 0.472 e. The largest absolute Gasteiger partial charge is 0.472 e. The first-order chi connectivity index (χ1) is 20.1. The Kier molecular flexibility index (Phi) is 6.31. The van der Waals surface area contributed by atoms with Crippen molar-refractivity contribution in [3.8, 4) is 0 Å². The molecule has 3 saturated heterocycles. The van der Waals surface area contributed by atoms with Crippen molar-refractivity contribution in [2.75, 3.05) is 31.3 Å². The average molecular weight is 608 g/mol. The summed E-state index contributed by atoms with van der Waals surface area (Å²) in [5, 5.41) is 20.7. The zero-order chi connectivity index (χ0) is 29.4. The summed E-state index contributed by atoms with van der Waals surface area (Å²) >= 11 is 0. The summed E-state index contributed by atoms with van der Waals surface area (Å²) in [4.78, 5) is 45.6. The van der Waals surface area contributed by atoms with Gasteiger partial charge in [-0.15, -0.1) is 0 Å². The number of nitrogens with one attached hydrogen (secondary N) is 1. The lowest BCUT2D eigenvalue weighted by molar-refractivity contribution is -0.184. The number of phosphoric ester groups is 1. The van der Waals surface area contributed by atoms with E-state index in [9.17, 15) is 24.5 Å². The molecular weight excluding hydrogens is 583 g/mol. The van der Waals surface area contributed by atoms with Gasteiger partial charge in [-0.2, -0.15) is 4.98 Å². The van der Waals surface area contributed by atoms with Gasteiger partial charge in [0.2, 0.25) is 5.95 Å². The first-order valence-electron chi connectivity index (χ1n) is 12.6. The van der Waals surface area contributed by atoms with Gasteiger partial charge < -0.3 is 40.8 Å². The predicted molar refractivity (Wildman–Crippen MR) is 137 cm³/mol. The van der Waals surface area contributed by atoms with Gasteiger partial charge in [0.05, 0.1) is 38.6 Å². The Bertz CT molecular complexity index is 1780. The van der Waals surface area contributed by atoms with E-state index in [4.69, 9.17) is 34.7 Å². The number of ether oxygens (including phenoxy) is 3. The fourth-order valence-electron chi connectivity index (χ4n) is 5.49. The summed E-state index contributed by atoms with van der Waals surface area (Å²) < 4.78 is 44.5. The Morgan fingerprint density at radius 1 is 1.14 bits per heavy atom. The lowest BCUT2D eigenvalue weighted by atomic mass is 10.0. The van der Waals surface area contributed by atoms with Crippen molar-refractivity contribution in [3.05, 3.63) is 29.3 Å². The monoisotopic (exact) mass is 608 g/mol. The molecule has 20 nitrogen and oxygen atoms in total. The molecule has 0 saturated carbocycles. The van der Waals surface area contributed by atoms with Crippen molar-refractivity contribution in [2.24, 2.45) is 0 Å². The Balaban J connectivity index is 1.09. The SMILES string of the molecule is Nc1nc2c(ncn2[C@@H]2O[C@H](CO)CC2OP(=O)(O)OC[C@]23COC(C2O)[C@H](n2cnc4c(N)ncnc42)O3)c(=O)[nH]1. The molecule has 2 bridgehead atoms. The van der Waals surface area contributed by atoms with E-state index in [0.717, 1.165) is 0 Å². The van der Waals surface area contributed by atoms with Crippen LogP contribution in [-0.4, -0.2) is 104 Å². The highest BCUT2D eigenvalue weighted by Gasteiger charge is 2.63. The molecule has 3 aliphatic heterocycles. The molecule has 3 fully saturated rings. The number of nitrogens with zero attached hydrogens (tertiary/aromatic N) is 7. The minimum atomic E-state index is -4.85. The third kappa shape index (κ3) is 4.27. The second-order valence-corrected chi connectivity index (χ2v) is 11.5. The summed E-state index contributed by atoms with van der Waals surface area (Å²) in [5.41, 5.74) is 10.1. The van der Waals surface area contributed by atoms with Gasteiger partial charge in [0.15, 0.2) is 35.1 Å². The molecule has 0 aliphatic carbocycles. The van der Waals surface area contributed by atoms with Crippen molar-refractivity contribution in [1.29, 1.82) is 0 Å². The molecule has 42 heavy (non-hydrogen) atoms. The molecule has 0 amide bonds. The highest BCUT2D eigenvalue weighted by Crippen LogP contribution is 2.53. The number of nitrogen functional groups attached to an aromatic ring is 2. The van der Waals surface area contributed by atoms with E-state index in [0.29, 0.717) is 11.2 Å². The standard InChI is InChI=1S/C21H25N10O10P/c22-14-10-15(25-5-24-14)30(6-26-10)19-12-13(33)21(40-19,3-37-12)4-38-42(35,36)41-9-1-8(2-32)39-18(9)31-7-27-11-16(31)28-20(23)29-17(11)34/h5-9,12-13,18-19,32-33H,1-4H2,(H,35,36)(H2,22,24,25)(H3,23,28,29,34)/t8-,9?,12?,13?,18+,19+,21+/m0/s1. The van der Waals surface area contributed by atoms with Crippen molar-refractivity contribution >= 4 is 41.9 Å². The minimum absolute atomic E-state index is 0.0103. The first kappa shape index (κ1) is 27.3. The van der Waals surface area contributed by atoms with E-state index in [-0.39, 0.29) is 36.0 Å². The quantitative estimate of drug-likeness (QED) is 0.117. The zero-order valence-corrected chi connectivity index (χ0v) is 22.4. The number of aromatic nitrogens is 8. The molecule has 0 spiro atoms. The number of aromatic amines is 1. The van der Waals surface area contributed by atoms with Crippen molar-refractivity contribution in [1.82, 2.24) is 39.0 Å². The second-order valence-electron chi connectivity index (χ2n) is 10.1. The number of anilines is 2. The van der Waals surface area contributed by atoms with Crippen LogP contribution in [0.15, 0.2) is 23.8 Å². The van der Waals surface area contributed by atoms with E-state index in [2.05, 4.69) is 29.9 Å². The molecule has 0 radical (unpaired) electrons. The molecule has 7 rings (SSSR count). The van der Waals surface area contributed by atoms with Crippen LogP contribution in [0.2, 0.25) is 0 Å². The summed E-state index contributed by atoms with van der Waals surface area (Å²) in [5.74, 6) is -0.0175. The zero-order valence-electron chi connectivity index (χ0n) is 21.5. The van der Waals surface area contributed by atoms with Gasteiger partial charge in [-0.1, -0.05) is 0 Å². The van der Waals surface area contributed by atoms with Gasteiger partial charge in [0, 0.05) is 6.42 Å². The number of aliphatic hydroxyl groups excluding tert-OH is 2. The summed E-state index contributed by atoms with van der Waals surface area (Å²) in [6.45, 7) is -1.14. The predicted octanol–water partition coefficient (Wildman–Crippen LogP) is -2.07. The Morgan fingerprint density at radius 2 is 1.90 bits per heavy atom. The molecule has 3 aliphatic rings. The molecule has 0 aromatic carbocycles. The van der Waals surface area contributed by atoms with Crippen LogP contribution >= 0.6 is 7.82 Å². The Hall–Kier alpha value is -3.59. The van der Waals surface area contributed by atoms with E-state index in [1.54, 1.807) is 0 Å². The van der Waals surface area contributed by atoms with E-state index in [1.807, 2.05) is 0 Å². The number of phosphoric acid groups is 1. The molecule has 4 aromatic rings. The fourth-order valence-corrected chi connectivity index (χ4v) is 6.46. The highest BCUT2D eigenvalue weighted by molar-refractivity contribution is 7.47. The van der Waals surface area contributed by atoms with Crippen LogP contribution in [0.25, 0.3) is 22.3 Å². The van der Waals surface area contributed by atoms with Crippen molar-refractivity contribution in [2.45, 2.75) is 48.9 Å². The van der Waals surface area contributed by atoms with Gasteiger partial charge >= 0.3 is 7.82 Å². The van der Waals surface area contributed by atoms with Crippen LogP contribution < -0.4 is 17.0 Å². The minimum Gasteiger partial charge on any atom is -0.394 e. The molecular formula is C21H25N10O10P. The highest BCUT2D eigenvalue weighted by atomic mass is 31.2. The van der Waals surface area contributed by atoms with Crippen molar-refractivity contribution in [3.63, 3.8) is 0 Å².